The zero-order valence-corrected chi connectivity index (χ0v) is 18.1. The SMILES string of the molecule is O=C(O)c1ccc(CN(C(CO)Cc2ccc(Cl)cc2)S(=O)(=O)c2ccccc2)cc1. The molecule has 0 fully saturated rings. The van der Waals surface area contributed by atoms with E-state index < -0.39 is 22.0 Å². The fraction of sp³-hybridized carbons (Fsp3) is 0.174. The number of benzene rings is 3. The molecule has 0 saturated heterocycles. The lowest BCUT2D eigenvalue weighted by molar-refractivity contribution is 0.0697. The van der Waals surface area contributed by atoms with Crippen LogP contribution in [0.2, 0.25) is 5.02 Å². The number of hydrogen-bond acceptors (Lipinski definition) is 4. The molecule has 0 radical (unpaired) electrons. The average Bonchev–Trinajstić information content (AvgIpc) is 2.78. The van der Waals surface area contributed by atoms with Gasteiger partial charge in [-0.15, -0.1) is 0 Å². The average molecular weight is 460 g/mol. The Bertz CT molecular complexity index is 1120. The van der Waals surface area contributed by atoms with Gasteiger partial charge >= 0.3 is 5.97 Å². The van der Waals surface area contributed by atoms with Gasteiger partial charge < -0.3 is 10.2 Å². The van der Waals surface area contributed by atoms with Crippen molar-refractivity contribution in [2.24, 2.45) is 0 Å². The maximum absolute atomic E-state index is 13.5. The molecule has 3 aromatic carbocycles. The number of sulfonamides is 1. The predicted octanol–water partition coefficient (Wildman–Crippen LogP) is 3.83. The highest BCUT2D eigenvalue weighted by molar-refractivity contribution is 7.89. The fourth-order valence-electron chi connectivity index (χ4n) is 3.22. The van der Waals surface area contributed by atoms with Gasteiger partial charge in [0.1, 0.15) is 0 Å². The number of hydrogen-bond donors (Lipinski definition) is 2. The minimum Gasteiger partial charge on any atom is -0.478 e. The monoisotopic (exact) mass is 459 g/mol. The van der Waals surface area contributed by atoms with Gasteiger partial charge in [0.05, 0.1) is 23.1 Å². The molecule has 0 bridgehead atoms. The van der Waals surface area contributed by atoms with Crippen molar-refractivity contribution >= 4 is 27.6 Å². The van der Waals surface area contributed by atoms with Gasteiger partial charge in [0, 0.05) is 11.6 Å². The van der Waals surface area contributed by atoms with E-state index in [1.165, 1.54) is 28.6 Å². The summed E-state index contributed by atoms with van der Waals surface area (Å²) in [6.07, 6.45) is 0.285. The van der Waals surface area contributed by atoms with E-state index in [2.05, 4.69) is 0 Å². The second kappa shape index (κ2) is 10.1. The zero-order valence-electron chi connectivity index (χ0n) is 16.6. The summed E-state index contributed by atoms with van der Waals surface area (Å²) in [6.45, 7) is -0.405. The summed E-state index contributed by atoms with van der Waals surface area (Å²) in [6, 6.07) is 20.3. The Hall–Kier alpha value is -2.71. The molecular formula is C23H22ClNO5S. The van der Waals surface area contributed by atoms with Crippen LogP contribution in [0.4, 0.5) is 0 Å². The van der Waals surface area contributed by atoms with Crippen LogP contribution in [0.1, 0.15) is 21.5 Å². The van der Waals surface area contributed by atoms with Crippen molar-refractivity contribution in [3.05, 3.63) is 101 Å². The lowest BCUT2D eigenvalue weighted by Gasteiger charge is -2.30. The first kappa shape index (κ1) is 23.0. The van der Waals surface area contributed by atoms with Crippen LogP contribution in [0.15, 0.2) is 83.8 Å². The molecule has 1 atom stereocenters. The summed E-state index contributed by atoms with van der Waals surface area (Å²) in [5.74, 6) is -1.06. The van der Waals surface area contributed by atoms with E-state index in [9.17, 15) is 18.3 Å². The van der Waals surface area contributed by atoms with Gasteiger partial charge in [0.2, 0.25) is 10.0 Å². The first-order chi connectivity index (χ1) is 14.8. The molecule has 0 aromatic heterocycles. The molecule has 31 heavy (non-hydrogen) atoms. The van der Waals surface area contributed by atoms with Crippen molar-refractivity contribution in [2.45, 2.75) is 23.9 Å². The van der Waals surface area contributed by atoms with Gasteiger partial charge in [-0.05, 0) is 53.9 Å². The van der Waals surface area contributed by atoms with Gasteiger partial charge in [0.25, 0.3) is 0 Å². The molecule has 0 amide bonds. The molecule has 1 unspecified atom stereocenters. The molecule has 0 aliphatic rings. The molecule has 162 valence electrons. The summed E-state index contributed by atoms with van der Waals surface area (Å²) >= 11 is 5.94. The van der Waals surface area contributed by atoms with Crippen molar-refractivity contribution in [1.82, 2.24) is 4.31 Å². The fourth-order valence-corrected chi connectivity index (χ4v) is 4.97. The maximum atomic E-state index is 13.5. The summed E-state index contributed by atoms with van der Waals surface area (Å²) in [5, 5.41) is 19.8. The summed E-state index contributed by atoms with van der Waals surface area (Å²) in [5.41, 5.74) is 1.55. The molecule has 0 saturated carbocycles. The van der Waals surface area contributed by atoms with E-state index in [0.29, 0.717) is 10.6 Å². The summed E-state index contributed by atoms with van der Waals surface area (Å²) in [4.78, 5) is 11.2. The van der Waals surface area contributed by atoms with Crippen molar-refractivity contribution in [1.29, 1.82) is 0 Å². The highest BCUT2D eigenvalue weighted by Crippen LogP contribution is 2.24. The molecule has 3 aromatic rings. The summed E-state index contributed by atoms with van der Waals surface area (Å²) < 4.78 is 28.2. The van der Waals surface area contributed by atoms with Crippen LogP contribution in [0.5, 0.6) is 0 Å². The number of carbonyl (C=O) groups is 1. The van der Waals surface area contributed by atoms with E-state index in [4.69, 9.17) is 16.7 Å². The van der Waals surface area contributed by atoms with Gasteiger partial charge in [-0.3, -0.25) is 0 Å². The minimum atomic E-state index is -3.93. The van der Waals surface area contributed by atoms with E-state index in [-0.39, 0.29) is 30.0 Å². The van der Waals surface area contributed by atoms with Crippen LogP contribution in [0.25, 0.3) is 0 Å². The number of carboxylic acids is 1. The van der Waals surface area contributed by atoms with Crippen LogP contribution in [0.3, 0.4) is 0 Å². The molecule has 0 aliphatic carbocycles. The largest absolute Gasteiger partial charge is 0.478 e. The number of carboxylic acid groups (broad SMARTS) is 1. The van der Waals surface area contributed by atoms with E-state index in [1.54, 1.807) is 54.6 Å². The van der Waals surface area contributed by atoms with Crippen molar-refractivity contribution in [3.8, 4) is 0 Å². The maximum Gasteiger partial charge on any atom is 0.335 e. The Balaban J connectivity index is 1.97. The topological polar surface area (TPSA) is 94.9 Å². The van der Waals surface area contributed by atoms with E-state index >= 15 is 0 Å². The van der Waals surface area contributed by atoms with E-state index in [0.717, 1.165) is 5.56 Å². The van der Waals surface area contributed by atoms with Crippen molar-refractivity contribution < 1.29 is 23.4 Å². The lowest BCUT2D eigenvalue weighted by Crippen LogP contribution is -2.43. The van der Waals surface area contributed by atoms with Gasteiger partial charge in [-0.25, -0.2) is 13.2 Å². The van der Waals surface area contributed by atoms with Crippen LogP contribution >= 0.6 is 11.6 Å². The number of halogens is 1. The van der Waals surface area contributed by atoms with Crippen LogP contribution < -0.4 is 0 Å². The highest BCUT2D eigenvalue weighted by Gasteiger charge is 2.31. The summed E-state index contributed by atoms with van der Waals surface area (Å²) in [7, 11) is -3.93. The molecule has 6 nitrogen and oxygen atoms in total. The Kier molecular flexibility index (Phi) is 7.46. The lowest BCUT2D eigenvalue weighted by atomic mass is 10.1. The molecular weight excluding hydrogens is 438 g/mol. The third kappa shape index (κ3) is 5.71. The van der Waals surface area contributed by atoms with Crippen molar-refractivity contribution in [2.75, 3.05) is 6.61 Å². The van der Waals surface area contributed by atoms with Crippen molar-refractivity contribution in [3.63, 3.8) is 0 Å². The van der Waals surface area contributed by atoms with Gasteiger partial charge in [-0.1, -0.05) is 54.1 Å². The predicted molar refractivity (Wildman–Crippen MR) is 119 cm³/mol. The van der Waals surface area contributed by atoms with Crippen LogP contribution in [0, 0.1) is 0 Å². The zero-order chi connectivity index (χ0) is 22.4. The smallest absolute Gasteiger partial charge is 0.335 e. The Morgan fingerprint density at radius 2 is 1.48 bits per heavy atom. The molecule has 3 rings (SSSR count). The Labute approximate surface area is 186 Å². The number of aliphatic hydroxyl groups excluding tert-OH is 1. The molecule has 0 heterocycles. The first-order valence-corrected chi connectivity index (χ1v) is 11.4. The highest BCUT2D eigenvalue weighted by atomic mass is 35.5. The molecule has 2 N–H and O–H groups in total. The van der Waals surface area contributed by atoms with E-state index in [1.807, 2.05) is 0 Å². The standard InChI is InChI=1S/C23H22ClNO5S/c24-20-12-8-17(9-13-20)14-21(16-26)25(31(29,30)22-4-2-1-3-5-22)15-18-6-10-19(11-7-18)23(27)28/h1-13,21,26H,14-16H2,(H,27,28). The number of aromatic carboxylic acids is 1. The number of nitrogens with zero attached hydrogens (tertiary/aromatic N) is 1. The normalized spacial score (nSPS) is 12.6. The van der Waals surface area contributed by atoms with Gasteiger partial charge in [-0.2, -0.15) is 4.31 Å². The van der Waals surface area contributed by atoms with Crippen LogP contribution in [-0.4, -0.2) is 41.6 Å². The second-order valence-electron chi connectivity index (χ2n) is 7.03. The third-order valence-corrected chi connectivity index (χ3v) is 7.06. The first-order valence-electron chi connectivity index (χ1n) is 9.55. The molecule has 8 heteroatoms. The van der Waals surface area contributed by atoms with Gasteiger partial charge in [0.15, 0.2) is 0 Å². The number of aliphatic hydroxyl groups is 1. The molecule has 0 aliphatic heterocycles. The quantitative estimate of drug-likeness (QED) is 0.507. The number of rotatable bonds is 9. The molecule has 0 spiro atoms. The third-order valence-electron chi connectivity index (χ3n) is 4.89. The van der Waals surface area contributed by atoms with Crippen LogP contribution in [-0.2, 0) is 23.0 Å². The minimum absolute atomic E-state index is 0.0179. The Morgan fingerprint density at radius 1 is 0.903 bits per heavy atom. The second-order valence-corrected chi connectivity index (χ2v) is 9.36. The Morgan fingerprint density at radius 3 is 2.03 bits per heavy atom.